The Morgan fingerprint density at radius 2 is 1.88 bits per heavy atom. The third-order valence-corrected chi connectivity index (χ3v) is 7.15. The van der Waals surface area contributed by atoms with E-state index < -0.39 is 38.2 Å². The first kappa shape index (κ1) is 20.2. The highest BCUT2D eigenvalue weighted by Gasteiger charge is 2.71. The van der Waals surface area contributed by atoms with Gasteiger partial charge in [0.1, 0.15) is 5.60 Å². The zero-order valence-electron chi connectivity index (χ0n) is 14.9. The van der Waals surface area contributed by atoms with Gasteiger partial charge in [-0.25, -0.2) is 13.2 Å². The van der Waals surface area contributed by atoms with Crippen molar-refractivity contribution < 1.29 is 17.9 Å². The molecule has 3 N–H and O–H groups in total. The first-order valence-corrected chi connectivity index (χ1v) is 10.7. The standard InChI is InChI=1S/C17H25BrN2O4S/c1-5-25(22,23)14-13(11-6-8-12(18)9-7-11)17(14,10-19)20-15(21)24-16(2,3)4/h6-9,13-14H,5,10,19H2,1-4H3,(H,20,21). The Hall–Kier alpha value is -1.12. The van der Waals surface area contributed by atoms with Crippen LogP contribution in [0.25, 0.3) is 0 Å². The summed E-state index contributed by atoms with van der Waals surface area (Å²) < 4.78 is 31.4. The SMILES string of the molecule is CCS(=O)(=O)C1C(c2ccc(Br)cc2)C1(CN)NC(=O)OC(C)(C)C. The van der Waals surface area contributed by atoms with Crippen LogP contribution < -0.4 is 11.1 Å². The first-order valence-electron chi connectivity index (χ1n) is 8.15. The molecule has 1 aromatic carbocycles. The molecule has 3 unspecified atom stereocenters. The molecule has 25 heavy (non-hydrogen) atoms. The number of ether oxygens (including phenoxy) is 1. The summed E-state index contributed by atoms with van der Waals surface area (Å²) in [7, 11) is -3.40. The average molecular weight is 433 g/mol. The average Bonchev–Trinajstić information content (AvgIpc) is 3.15. The van der Waals surface area contributed by atoms with Gasteiger partial charge in [-0.05, 0) is 38.5 Å². The highest BCUT2D eigenvalue weighted by atomic mass is 79.9. The van der Waals surface area contributed by atoms with Crippen LogP contribution in [0.5, 0.6) is 0 Å². The van der Waals surface area contributed by atoms with E-state index in [9.17, 15) is 13.2 Å². The fourth-order valence-electron chi connectivity index (χ4n) is 3.19. The summed E-state index contributed by atoms with van der Waals surface area (Å²) in [6.07, 6.45) is -0.658. The molecule has 0 aliphatic heterocycles. The van der Waals surface area contributed by atoms with E-state index in [4.69, 9.17) is 10.5 Å². The molecule has 0 radical (unpaired) electrons. The van der Waals surface area contributed by atoms with E-state index >= 15 is 0 Å². The van der Waals surface area contributed by atoms with Gasteiger partial charge >= 0.3 is 6.09 Å². The fraction of sp³-hybridized carbons (Fsp3) is 0.588. The third kappa shape index (κ3) is 4.17. The van der Waals surface area contributed by atoms with Gasteiger partial charge in [-0.1, -0.05) is 35.0 Å². The molecule has 1 aliphatic carbocycles. The van der Waals surface area contributed by atoms with Crippen LogP contribution in [0.4, 0.5) is 4.79 Å². The summed E-state index contributed by atoms with van der Waals surface area (Å²) in [5.74, 6) is -0.411. The Morgan fingerprint density at radius 1 is 1.32 bits per heavy atom. The van der Waals surface area contributed by atoms with Crippen LogP contribution in [-0.2, 0) is 14.6 Å². The van der Waals surface area contributed by atoms with Crippen LogP contribution in [-0.4, -0.2) is 43.2 Å². The summed E-state index contributed by atoms with van der Waals surface area (Å²) in [5.41, 5.74) is 5.03. The van der Waals surface area contributed by atoms with Gasteiger partial charge < -0.3 is 15.8 Å². The van der Waals surface area contributed by atoms with Crippen molar-refractivity contribution in [1.82, 2.24) is 5.32 Å². The molecule has 0 spiro atoms. The van der Waals surface area contributed by atoms with Crippen molar-refractivity contribution >= 4 is 31.9 Å². The molecule has 0 bridgehead atoms. The molecular formula is C17H25BrN2O4S. The maximum Gasteiger partial charge on any atom is 0.408 e. The number of benzene rings is 1. The van der Waals surface area contributed by atoms with Crippen molar-refractivity contribution in [3.05, 3.63) is 34.3 Å². The van der Waals surface area contributed by atoms with E-state index in [-0.39, 0.29) is 12.3 Å². The van der Waals surface area contributed by atoms with Gasteiger partial charge in [-0.3, -0.25) is 0 Å². The fourth-order valence-corrected chi connectivity index (χ4v) is 5.49. The lowest BCUT2D eigenvalue weighted by Crippen LogP contribution is -2.49. The van der Waals surface area contributed by atoms with Crippen molar-refractivity contribution in [2.75, 3.05) is 12.3 Å². The van der Waals surface area contributed by atoms with Crippen molar-refractivity contribution in [2.45, 2.75) is 50.0 Å². The molecular weight excluding hydrogens is 408 g/mol. The summed E-state index contributed by atoms with van der Waals surface area (Å²) in [6, 6.07) is 7.39. The smallest absolute Gasteiger partial charge is 0.408 e. The summed E-state index contributed by atoms with van der Waals surface area (Å²) in [5, 5.41) is 1.99. The Kier molecular flexibility index (Phi) is 5.56. The second-order valence-electron chi connectivity index (χ2n) is 7.27. The Morgan fingerprint density at radius 3 is 2.32 bits per heavy atom. The zero-order chi connectivity index (χ0) is 19.0. The minimum atomic E-state index is -3.40. The number of hydrogen-bond donors (Lipinski definition) is 2. The second-order valence-corrected chi connectivity index (χ2v) is 10.6. The number of carbonyl (C=O) groups excluding carboxylic acids is 1. The zero-order valence-corrected chi connectivity index (χ0v) is 17.3. The number of amides is 1. The molecule has 0 aromatic heterocycles. The van der Waals surface area contributed by atoms with Crippen molar-refractivity contribution in [3.8, 4) is 0 Å². The molecule has 1 saturated carbocycles. The second kappa shape index (κ2) is 6.89. The van der Waals surface area contributed by atoms with Gasteiger partial charge in [0.25, 0.3) is 0 Å². The minimum Gasteiger partial charge on any atom is -0.444 e. The molecule has 1 aromatic rings. The monoisotopic (exact) mass is 432 g/mol. The quantitative estimate of drug-likeness (QED) is 0.744. The van der Waals surface area contributed by atoms with E-state index in [0.29, 0.717) is 0 Å². The van der Waals surface area contributed by atoms with Crippen LogP contribution >= 0.6 is 15.9 Å². The molecule has 1 amide bonds. The highest BCUT2D eigenvalue weighted by Crippen LogP contribution is 2.55. The molecule has 0 heterocycles. The maximum atomic E-state index is 12.6. The van der Waals surface area contributed by atoms with E-state index in [1.807, 2.05) is 24.3 Å². The van der Waals surface area contributed by atoms with Crippen LogP contribution in [0.2, 0.25) is 0 Å². The first-order chi connectivity index (χ1) is 11.5. The van der Waals surface area contributed by atoms with Crippen molar-refractivity contribution in [2.24, 2.45) is 5.73 Å². The summed E-state index contributed by atoms with van der Waals surface area (Å²) >= 11 is 3.37. The number of rotatable bonds is 5. The predicted molar refractivity (Wildman–Crippen MR) is 101 cm³/mol. The van der Waals surface area contributed by atoms with Crippen molar-refractivity contribution in [3.63, 3.8) is 0 Å². The van der Waals surface area contributed by atoms with Crippen LogP contribution in [0, 0.1) is 0 Å². The lowest BCUT2D eigenvalue weighted by molar-refractivity contribution is 0.0497. The van der Waals surface area contributed by atoms with E-state index in [1.165, 1.54) is 0 Å². The Labute approximate surface area is 157 Å². The molecule has 8 heteroatoms. The molecule has 0 saturated heterocycles. The predicted octanol–water partition coefficient (Wildman–Crippen LogP) is 2.57. The topological polar surface area (TPSA) is 98.5 Å². The lowest BCUT2D eigenvalue weighted by Gasteiger charge is -2.24. The normalized spacial score (nSPS) is 26.2. The Bertz CT molecular complexity index is 743. The number of carbonyl (C=O) groups is 1. The van der Waals surface area contributed by atoms with E-state index in [0.717, 1.165) is 10.0 Å². The van der Waals surface area contributed by atoms with Gasteiger partial charge in [-0.2, -0.15) is 0 Å². The van der Waals surface area contributed by atoms with Gasteiger partial charge in [0.05, 0.1) is 10.8 Å². The van der Waals surface area contributed by atoms with Crippen molar-refractivity contribution in [1.29, 1.82) is 0 Å². The number of sulfone groups is 1. The molecule has 1 aliphatic rings. The number of nitrogens with one attached hydrogen (secondary N) is 1. The number of hydrogen-bond acceptors (Lipinski definition) is 5. The molecule has 2 rings (SSSR count). The molecule has 6 nitrogen and oxygen atoms in total. The van der Waals surface area contributed by atoms with Crippen LogP contribution in [0.3, 0.4) is 0 Å². The highest BCUT2D eigenvalue weighted by molar-refractivity contribution is 9.10. The largest absolute Gasteiger partial charge is 0.444 e. The summed E-state index contributed by atoms with van der Waals surface area (Å²) in [4.78, 5) is 12.3. The molecule has 1 fully saturated rings. The van der Waals surface area contributed by atoms with E-state index in [1.54, 1.807) is 27.7 Å². The third-order valence-electron chi connectivity index (χ3n) is 4.35. The molecule has 140 valence electrons. The summed E-state index contributed by atoms with van der Waals surface area (Å²) in [6.45, 7) is 6.86. The van der Waals surface area contributed by atoms with Gasteiger partial charge in [0, 0.05) is 22.7 Å². The number of nitrogens with two attached hydrogens (primary N) is 1. The van der Waals surface area contributed by atoms with E-state index in [2.05, 4.69) is 21.2 Å². The van der Waals surface area contributed by atoms with Gasteiger partial charge in [-0.15, -0.1) is 0 Å². The van der Waals surface area contributed by atoms with Gasteiger partial charge in [0.15, 0.2) is 9.84 Å². The number of alkyl carbamates (subject to hydrolysis) is 1. The Balaban J connectivity index is 2.38. The maximum absolute atomic E-state index is 12.6. The lowest BCUT2D eigenvalue weighted by atomic mass is 10.1. The number of halogens is 1. The van der Waals surface area contributed by atoms with Crippen LogP contribution in [0.15, 0.2) is 28.7 Å². The molecule has 3 atom stereocenters. The van der Waals surface area contributed by atoms with Crippen LogP contribution in [0.1, 0.15) is 39.2 Å². The minimum absolute atomic E-state index is 0.0108. The van der Waals surface area contributed by atoms with Gasteiger partial charge in [0.2, 0.25) is 0 Å².